The number of hydrogen-bond donors (Lipinski definition) is 0. The smallest absolute Gasteiger partial charge is 0.0462 e. The minimum atomic E-state index is -0.0646. The van der Waals surface area contributed by atoms with Gasteiger partial charge in [-0.2, -0.15) is 0 Å². The maximum Gasteiger partial charge on any atom is 0.0462 e. The fourth-order valence-electron chi connectivity index (χ4n) is 7.62. The molecule has 0 bridgehead atoms. The largest absolute Gasteiger partial charge is 0.311 e. The van der Waals surface area contributed by atoms with Crippen LogP contribution in [0.5, 0.6) is 0 Å². The Bertz CT molecular complexity index is 2520. The Labute approximate surface area is 317 Å². The molecule has 2 heteroatoms. The number of fused-ring (bicyclic) bond motifs is 2. The van der Waals surface area contributed by atoms with Crippen molar-refractivity contribution in [3.05, 3.63) is 211 Å². The lowest BCUT2D eigenvalue weighted by atomic mass is 9.77. The maximum atomic E-state index is 2.40. The molecule has 9 rings (SSSR count). The Hall–Kier alpha value is -6.09. The van der Waals surface area contributed by atoms with E-state index in [1.807, 2.05) is 11.8 Å². The molecular formula is C51H39NS. The van der Waals surface area contributed by atoms with E-state index in [0.29, 0.717) is 0 Å². The van der Waals surface area contributed by atoms with Crippen LogP contribution in [0, 0.1) is 0 Å². The van der Waals surface area contributed by atoms with Gasteiger partial charge in [0.05, 0.1) is 0 Å². The molecule has 0 amide bonds. The van der Waals surface area contributed by atoms with Crippen LogP contribution >= 0.6 is 11.8 Å². The Morgan fingerprint density at radius 2 is 0.698 bits per heavy atom. The summed E-state index contributed by atoms with van der Waals surface area (Å²) in [6, 6.07) is 72.7. The summed E-state index contributed by atoms with van der Waals surface area (Å²) in [4.78, 5) is 5.05. The summed E-state index contributed by atoms with van der Waals surface area (Å²) in [6.07, 6.45) is 0. The Balaban J connectivity index is 1.06. The van der Waals surface area contributed by atoms with E-state index in [9.17, 15) is 0 Å². The van der Waals surface area contributed by atoms with Crippen molar-refractivity contribution in [3.63, 3.8) is 0 Å². The van der Waals surface area contributed by atoms with Gasteiger partial charge in [-0.05, 0) is 116 Å². The minimum Gasteiger partial charge on any atom is -0.311 e. The summed E-state index contributed by atoms with van der Waals surface area (Å²) < 4.78 is 0. The zero-order valence-corrected chi connectivity index (χ0v) is 30.7. The molecular weight excluding hydrogens is 659 g/mol. The molecule has 0 fully saturated rings. The van der Waals surface area contributed by atoms with Crippen molar-refractivity contribution < 1.29 is 0 Å². The lowest BCUT2D eigenvalue weighted by Crippen LogP contribution is -2.23. The predicted octanol–water partition coefficient (Wildman–Crippen LogP) is 14.6. The average Bonchev–Trinajstić information content (AvgIpc) is 3.22. The first-order chi connectivity index (χ1) is 26.0. The third-order valence-corrected chi connectivity index (χ3v) is 11.7. The van der Waals surface area contributed by atoms with Crippen molar-refractivity contribution >= 4 is 28.8 Å². The molecule has 0 atom stereocenters. The van der Waals surface area contributed by atoms with Crippen LogP contribution in [0.25, 0.3) is 44.5 Å². The molecule has 0 saturated carbocycles. The van der Waals surface area contributed by atoms with Crippen molar-refractivity contribution in [1.29, 1.82) is 0 Å². The van der Waals surface area contributed by atoms with Crippen LogP contribution in [0.1, 0.15) is 25.0 Å². The molecule has 0 aromatic heterocycles. The molecule has 0 saturated heterocycles. The van der Waals surface area contributed by atoms with Gasteiger partial charge in [0.1, 0.15) is 0 Å². The van der Waals surface area contributed by atoms with E-state index in [1.165, 1.54) is 65.4 Å². The second kappa shape index (κ2) is 13.8. The predicted molar refractivity (Wildman–Crippen MR) is 226 cm³/mol. The van der Waals surface area contributed by atoms with Crippen molar-refractivity contribution in [3.8, 4) is 44.5 Å². The van der Waals surface area contributed by atoms with Crippen molar-refractivity contribution in [2.24, 2.45) is 0 Å². The molecule has 8 aromatic rings. The molecule has 1 nitrogen and oxygen atoms in total. The van der Waals surface area contributed by atoms with Gasteiger partial charge in [-0.25, -0.2) is 0 Å². The van der Waals surface area contributed by atoms with E-state index in [0.717, 1.165) is 17.1 Å². The minimum absolute atomic E-state index is 0.0646. The van der Waals surface area contributed by atoms with Crippen LogP contribution in [0.4, 0.5) is 17.1 Å². The number of benzene rings is 8. The first kappa shape index (κ1) is 32.8. The van der Waals surface area contributed by atoms with E-state index < -0.39 is 0 Å². The van der Waals surface area contributed by atoms with Gasteiger partial charge in [0.2, 0.25) is 0 Å². The molecule has 1 aliphatic rings. The molecule has 0 unspecified atom stereocenters. The Kier molecular flexibility index (Phi) is 8.54. The molecule has 1 aliphatic heterocycles. The summed E-state index contributed by atoms with van der Waals surface area (Å²) in [5, 5.41) is 0. The van der Waals surface area contributed by atoms with Gasteiger partial charge in [0.15, 0.2) is 0 Å². The molecule has 8 aromatic carbocycles. The lowest BCUT2D eigenvalue weighted by molar-refractivity contribution is 0.607. The van der Waals surface area contributed by atoms with Crippen LogP contribution < -0.4 is 4.90 Å². The zero-order valence-electron chi connectivity index (χ0n) is 29.9. The highest BCUT2D eigenvalue weighted by Gasteiger charge is 2.33. The summed E-state index contributed by atoms with van der Waals surface area (Å²) in [5.41, 5.74) is 15.8. The topological polar surface area (TPSA) is 3.24 Å². The highest BCUT2D eigenvalue weighted by atomic mass is 32.2. The van der Waals surface area contributed by atoms with Crippen molar-refractivity contribution in [2.75, 3.05) is 4.90 Å². The van der Waals surface area contributed by atoms with Crippen molar-refractivity contribution in [2.45, 2.75) is 29.1 Å². The van der Waals surface area contributed by atoms with Gasteiger partial charge in [0, 0.05) is 32.3 Å². The highest BCUT2D eigenvalue weighted by molar-refractivity contribution is 7.99. The highest BCUT2D eigenvalue weighted by Crippen LogP contribution is 2.50. The fraction of sp³-hybridized carbons (Fsp3) is 0.0588. The van der Waals surface area contributed by atoms with Crippen LogP contribution in [0.15, 0.2) is 210 Å². The number of anilines is 3. The Morgan fingerprint density at radius 3 is 1.25 bits per heavy atom. The molecule has 53 heavy (non-hydrogen) atoms. The monoisotopic (exact) mass is 697 g/mol. The summed E-state index contributed by atoms with van der Waals surface area (Å²) in [5.74, 6) is 0. The van der Waals surface area contributed by atoms with Gasteiger partial charge in [-0.15, -0.1) is 0 Å². The van der Waals surface area contributed by atoms with E-state index in [4.69, 9.17) is 0 Å². The van der Waals surface area contributed by atoms with Gasteiger partial charge < -0.3 is 4.90 Å². The summed E-state index contributed by atoms with van der Waals surface area (Å²) in [7, 11) is 0. The average molecular weight is 698 g/mol. The number of hydrogen-bond acceptors (Lipinski definition) is 2. The number of nitrogens with zero attached hydrogens (tertiary/aromatic N) is 1. The van der Waals surface area contributed by atoms with Gasteiger partial charge >= 0.3 is 0 Å². The molecule has 0 radical (unpaired) electrons. The second-order valence-corrected chi connectivity index (χ2v) is 15.3. The molecule has 0 spiro atoms. The van der Waals surface area contributed by atoms with Crippen molar-refractivity contribution in [1.82, 2.24) is 0 Å². The van der Waals surface area contributed by atoms with E-state index in [2.05, 4.69) is 219 Å². The van der Waals surface area contributed by atoms with Gasteiger partial charge in [-0.1, -0.05) is 165 Å². The maximum absolute atomic E-state index is 2.40. The first-order valence-electron chi connectivity index (χ1n) is 18.3. The van der Waals surface area contributed by atoms with Crippen LogP contribution in [-0.4, -0.2) is 0 Å². The van der Waals surface area contributed by atoms with Gasteiger partial charge in [-0.3, -0.25) is 0 Å². The first-order valence-corrected chi connectivity index (χ1v) is 19.1. The van der Waals surface area contributed by atoms with E-state index in [1.54, 1.807) is 0 Å². The van der Waals surface area contributed by atoms with Gasteiger partial charge in [0.25, 0.3) is 0 Å². The number of rotatable bonds is 7. The van der Waals surface area contributed by atoms with Crippen LogP contribution in [-0.2, 0) is 5.41 Å². The van der Waals surface area contributed by atoms with E-state index in [-0.39, 0.29) is 5.41 Å². The normalized spacial score (nSPS) is 12.8. The molecule has 0 N–H and O–H groups in total. The quantitative estimate of drug-likeness (QED) is 0.163. The van der Waals surface area contributed by atoms with Crippen LogP contribution in [0.2, 0.25) is 0 Å². The molecule has 0 aliphatic carbocycles. The fourth-order valence-corrected chi connectivity index (χ4v) is 8.99. The molecule has 1 heterocycles. The van der Waals surface area contributed by atoms with E-state index >= 15 is 0 Å². The summed E-state index contributed by atoms with van der Waals surface area (Å²) in [6.45, 7) is 4.70. The Morgan fingerprint density at radius 1 is 0.321 bits per heavy atom. The lowest BCUT2D eigenvalue weighted by Gasteiger charge is -2.35. The molecule has 254 valence electrons. The standard InChI is InChI=1S/C51H39NS/c1-51(2)47-18-9-10-19-49(47)53-50-33-26-43(35-48(50)51)40-24-31-46(32-25-40)52(44-27-20-38(21-28-44)36-12-5-3-6-13-36)45-29-22-39(23-30-45)42-17-11-16-41(34-42)37-14-7-4-8-15-37/h3-35H,1-2H3. The third-order valence-electron chi connectivity index (χ3n) is 10.6. The third kappa shape index (κ3) is 6.37. The van der Waals surface area contributed by atoms with Crippen LogP contribution in [0.3, 0.4) is 0 Å². The second-order valence-electron chi connectivity index (χ2n) is 14.2. The summed E-state index contributed by atoms with van der Waals surface area (Å²) >= 11 is 1.88. The SMILES string of the molecule is CC1(C)c2ccccc2Sc2ccc(-c3ccc(N(c4ccc(-c5ccccc5)cc4)c4ccc(-c5cccc(-c6ccccc6)c5)cc4)cc3)cc21. The zero-order chi connectivity index (χ0) is 35.8.